The quantitative estimate of drug-likeness (QED) is 0.748. The van der Waals surface area contributed by atoms with E-state index in [1.54, 1.807) is 12.4 Å². The molecule has 0 saturated carbocycles. The van der Waals surface area contributed by atoms with Gasteiger partial charge in [-0.3, -0.25) is 4.98 Å². The van der Waals surface area contributed by atoms with Crippen molar-refractivity contribution >= 4 is 11.0 Å². The SMILES string of the molecule is CC(C)(N)Cc1nc2ccncc2[nH]1. The molecule has 0 aromatic carbocycles. The van der Waals surface area contributed by atoms with Crippen LogP contribution in [0.4, 0.5) is 0 Å². The molecule has 2 aromatic heterocycles. The zero-order chi connectivity index (χ0) is 10.2. The highest BCUT2D eigenvalue weighted by molar-refractivity contribution is 5.73. The average molecular weight is 190 g/mol. The lowest BCUT2D eigenvalue weighted by atomic mass is 10.0. The van der Waals surface area contributed by atoms with Gasteiger partial charge in [-0.25, -0.2) is 4.98 Å². The predicted molar refractivity (Wildman–Crippen MR) is 55.9 cm³/mol. The van der Waals surface area contributed by atoms with Crippen molar-refractivity contribution in [3.8, 4) is 0 Å². The number of nitrogens with two attached hydrogens (primary N) is 1. The zero-order valence-corrected chi connectivity index (χ0v) is 8.41. The van der Waals surface area contributed by atoms with Crippen molar-refractivity contribution < 1.29 is 0 Å². The normalized spacial score (nSPS) is 12.2. The number of pyridine rings is 1. The van der Waals surface area contributed by atoms with Gasteiger partial charge in [0.1, 0.15) is 5.82 Å². The zero-order valence-electron chi connectivity index (χ0n) is 8.41. The molecule has 0 atom stereocenters. The fourth-order valence-electron chi connectivity index (χ4n) is 1.43. The third-order valence-corrected chi connectivity index (χ3v) is 1.96. The third kappa shape index (κ3) is 1.90. The molecule has 14 heavy (non-hydrogen) atoms. The summed E-state index contributed by atoms with van der Waals surface area (Å²) in [5.41, 5.74) is 7.59. The molecule has 4 heteroatoms. The van der Waals surface area contributed by atoms with Crippen LogP contribution >= 0.6 is 0 Å². The molecule has 0 radical (unpaired) electrons. The van der Waals surface area contributed by atoms with E-state index in [1.807, 2.05) is 19.9 Å². The molecule has 2 rings (SSSR count). The van der Waals surface area contributed by atoms with Crippen LogP contribution < -0.4 is 5.73 Å². The molecule has 0 spiro atoms. The average Bonchev–Trinajstić information content (AvgIpc) is 2.42. The predicted octanol–water partition coefficient (Wildman–Crippen LogP) is 1.24. The Bertz CT molecular complexity index is 406. The third-order valence-electron chi connectivity index (χ3n) is 1.96. The molecule has 2 heterocycles. The molecule has 3 N–H and O–H groups in total. The largest absolute Gasteiger partial charge is 0.341 e. The maximum Gasteiger partial charge on any atom is 0.109 e. The second-order valence-corrected chi connectivity index (χ2v) is 4.24. The number of imidazole rings is 1. The molecule has 0 amide bonds. The highest BCUT2D eigenvalue weighted by Crippen LogP contribution is 2.12. The molecule has 2 aromatic rings. The molecule has 0 saturated heterocycles. The first-order chi connectivity index (χ1) is 6.54. The van der Waals surface area contributed by atoms with E-state index in [-0.39, 0.29) is 5.54 Å². The van der Waals surface area contributed by atoms with Crippen LogP contribution in [0.15, 0.2) is 18.5 Å². The van der Waals surface area contributed by atoms with Gasteiger partial charge < -0.3 is 10.7 Å². The fourth-order valence-corrected chi connectivity index (χ4v) is 1.43. The van der Waals surface area contributed by atoms with Crippen LogP contribution in [0.1, 0.15) is 19.7 Å². The number of hydrogen-bond donors (Lipinski definition) is 2. The van der Waals surface area contributed by atoms with E-state index in [9.17, 15) is 0 Å². The number of nitrogens with zero attached hydrogens (tertiary/aromatic N) is 2. The van der Waals surface area contributed by atoms with Crippen LogP contribution in [0.5, 0.6) is 0 Å². The van der Waals surface area contributed by atoms with Gasteiger partial charge in [-0.15, -0.1) is 0 Å². The van der Waals surface area contributed by atoms with E-state index in [1.165, 1.54) is 0 Å². The molecule has 0 aliphatic heterocycles. The molecule has 0 aliphatic carbocycles. The Morgan fingerprint density at radius 2 is 2.29 bits per heavy atom. The molecule has 0 aliphatic rings. The smallest absolute Gasteiger partial charge is 0.109 e. The Kier molecular flexibility index (Phi) is 2.00. The van der Waals surface area contributed by atoms with Gasteiger partial charge in [-0.05, 0) is 19.9 Å². The summed E-state index contributed by atoms with van der Waals surface area (Å²) < 4.78 is 0. The fraction of sp³-hybridized carbons (Fsp3) is 0.400. The standard InChI is InChI=1S/C10H14N4/c1-10(2,11)5-9-13-7-3-4-12-6-8(7)14-9/h3-4,6H,5,11H2,1-2H3,(H,13,14). The topological polar surface area (TPSA) is 67.6 Å². The van der Waals surface area contributed by atoms with E-state index >= 15 is 0 Å². The maximum atomic E-state index is 5.91. The summed E-state index contributed by atoms with van der Waals surface area (Å²) in [5.74, 6) is 0.917. The summed E-state index contributed by atoms with van der Waals surface area (Å²) in [7, 11) is 0. The van der Waals surface area contributed by atoms with Crippen molar-refractivity contribution in [2.45, 2.75) is 25.8 Å². The number of aromatic nitrogens is 3. The Balaban J connectivity index is 2.36. The first kappa shape index (κ1) is 9.15. The molecule has 0 fully saturated rings. The Hall–Kier alpha value is -1.42. The van der Waals surface area contributed by atoms with E-state index in [0.29, 0.717) is 0 Å². The van der Waals surface area contributed by atoms with Crippen LogP contribution in [-0.4, -0.2) is 20.5 Å². The lowest BCUT2D eigenvalue weighted by molar-refractivity contribution is 0.505. The molecule has 4 nitrogen and oxygen atoms in total. The molecular formula is C10H14N4. The van der Waals surface area contributed by atoms with Crippen molar-refractivity contribution in [1.82, 2.24) is 15.0 Å². The van der Waals surface area contributed by atoms with Gasteiger partial charge in [-0.2, -0.15) is 0 Å². The summed E-state index contributed by atoms with van der Waals surface area (Å²) in [6.45, 7) is 3.97. The van der Waals surface area contributed by atoms with Crippen LogP contribution in [0.25, 0.3) is 11.0 Å². The molecule has 0 unspecified atom stereocenters. The molecule has 0 bridgehead atoms. The summed E-state index contributed by atoms with van der Waals surface area (Å²) in [6, 6.07) is 1.89. The number of hydrogen-bond acceptors (Lipinski definition) is 3. The van der Waals surface area contributed by atoms with Crippen molar-refractivity contribution in [3.63, 3.8) is 0 Å². The van der Waals surface area contributed by atoms with Crippen molar-refractivity contribution in [2.24, 2.45) is 5.73 Å². The van der Waals surface area contributed by atoms with Crippen molar-refractivity contribution in [2.75, 3.05) is 0 Å². The summed E-state index contributed by atoms with van der Waals surface area (Å²) >= 11 is 0. The van der Waals surface area contributed by atoms with Crippen LogP contribution in [-0.2, 0) is 6.42 Å². The van der Waals surface area contributed by atoms with Crippen LogP contribution in [0, 0.1) is 0 Å². The van der Waals surface area contributed by atoms with Gasteiger partial charge in [-0.1, -0.05) is 0 Å². The molecular weight excluding hydrogens is 176 g/mol. The van der Waals surface area contributed by atoms with Gasteiger partial charge in [0.05, 0.1) is 17.2 Å². The number of H-pyrrole nitrogens is 1. The second kappa shape index (κ2) is 3.06. The van der Waals surface area contributed by atoms with Gasteiger partial charge in [0, 0.05) is 18.2 Å². The Morgan fingerprint density at radius 3 is 2.93 bits per heavy atom. The number of nitrogens with one attached hydrogen (secondary N) is 1. The Labute approximate surface area is 82.6 Å². The van der Waals surface area contributed by atoms with Crippen molar-refractivity contribution in [1.29, 1.82) is 0 Å². The van der Waals surface area contributed by atoms with Gasteiger partial charge in [0.2, 0.25) is 0 Å². The lowest BCUT2D eigenvalue weighted by Crippen LogP contribution is -2.34. The monoisotopic (exact) mass is 190 g/mol. The van der Waals surface area contributed by atoms with Gasteiger partial charge >= 0.3 is 0 Å². The highest BCUT2D eigenvalue weighted by atomic mass is 14.9. The highest BCUT2D eigenvalue weighted by Gasteiger charge is 2.14. The van der Waals surface area contributed by atoms with E-state index in [4.69, 9.17) is 5.73 Å². The second-order valence-electron chi connectivity index (χ2n) is 4.24. The summed E-state index contributed by atoms with van der Waals surface area (Å²) in [5, 5.41) is 0. The van der Waals surface area contributed by atoms with E-state index < -0.39 is 0 Å². The maximum absolute atomic E-state index is 5.91. The first-order valence-corrected chi connectivity index (χ1v) is 4.62. The minimum atomic E-state index is -0.235. The summed E-state index contributed by atoms with van der Waals surface area (Å²) in [4.78, 5) is 11.6. The van der Waals surface area contributed by atoms with Crippen molar-refractivity contribution in [3.05, 3.63) is 24.3 Å². The number of rotatable bonds is 2. The molecule has 74 valence electrons. The van der Waals surface area contributed by atoms with Gasteiger partial charge in [0.25, 0.3) is 0 Å². The van der Waals surface area contributed by atoms with Crippen LogP contribution in [0.3, 0.4) is 0 Å². The first-order valence-electron chi connectivity index (χ1n) is 4.62. The van der Waals surface area contributed by atoms with Gasteiger partial charge in [0.15, 0.2) is 0 Å². The van der Waals surface area contributed by atoms with E-state index in [0.717, 1.165) is 23.3 Å². The van der Waals surface area contributed by atoms with Crippen LogP contribution in [0.2, 0.25) is 0 Å². The lowest BCUT2D eigenvalue weighted by Gasteiger charge is -2.15. The summed E-state index contributed by atoms with van der Waals surface area (Å²) in [6.07, 6.45) is 4.25. The minimum absolute atomic E-state index is 0.235. The number of fused-ring (bicyclic) bond motifs is 1. The number of aromatic amines is 1. The van der Waals surface area contributed by atoms with E-state index in [2.05, 4.69) is 15.0 Å². The minimum Gasteiger partial charge on any atom is -0.341 e. The Morgan fingerprint density at radius 1 is 1.50 bits per heavy atom.